The van der Waals surface area contributed by atoms with E-state index in [4.69, 9.17) is 9.47 Å². The summed E-state index contributed by atoms with van der Waals surface area (Å²) in [6.07, 6.45) is 0.162. The first-order valence-corrected chi connectivity index (χ1v) is 8.78. The summed E-state index contributed by atoms with van der Waals surface area (Å²) >= 11 is 3.21. The standard InChI is InChI=1S/C18H27BrFNO3/c1-12(2)10-18(6,21-16(22)24-17(3,4)5)11-23-15-8-7-13(19)9-14(15)20/h7-9,12H,10-11H2,1-6H3,(H,21,22). The van der Waals surface area contributed by atoms with Gasteiger partial charge >= 0.3 is 6.09 Å². The molecule has 1 aromatic rings. The fourth-order valence-electron chi connectivity index (χ4n) is 2.43. The SMILES string of the molecule is CC(C)CC(C)(COc1ccc(Br)cc1F)NC(=O)OC(C)(C)C. The van der Waals surface area contributed by atoms with Gasteiger partial charge in [-0.2, -0.15) is 0 Å². The number of halogens is 2. The maximum atomic E-state index is 13.9. The topological polar surface area (TPSA) is 47.6 Å². The van der Waals surface area contributed by atoms with Crippen molar-refractivity contribution in [1.82, 2.24) is 5.32 Å². The second-order valence-electron chi connectivity index (χ2n) is 7.65. The fraction of sp³-hybridized carbons (Fsp3) is 0.611. The molecule has 0 spiro atoms. The van der Waals surface area contributed by atoms with Crippen molar-refractivity contribution in [3.05, 3.63) is 28.5 Å². The van der Waals surface area contributed by atoms with Gasteiger partial charge in [0.15, 0.2) is 11.6 Å². The molecule has 0 fully saturated rings. The van der Waals surface area contributed by atoms with Crippen molar-refractivity contribution < 1.29 is 18.7 Å². The van der Waals surface area contributed by atoms with Crippen molar-refractivity contribution in [2.45, 2.75) is 59.1 Å². The number of nitrogens with one attached hydrogen (secondary N) is 1. The first kappa shape index (κ1) is 20.7. The van der Waals surface area contributed by atoms with Gasteiger partial charge in [0.1, 0.15) is 12.2 Å². The van der Waals surface area contributed by atoms with Crippen LogP contribution in [-0.4, -0.2) is 23.8 Å². The first-order chi connectivity index (χ1) is 10.9. The molecule has 1 rings (SSSR count). The number of carbonyl (C=O) groups is 1. The molecule has 6 heteroatoms. The van der Waals surface area contributed by atoms with Gasteiger partial charge in [0, 0.05) is 4.47 Å². The monoisotopic (exact) mass is 403 g/mol. The summed E-state index contributed by atoms with van der Waals surface area (Å²) in [6, 6.07) is 4.61. The lowest BCUT2D eigenvalue weighted by Crippen LogP contribution is -2.52. The van der Waals surface area contributed by atoms with Crippen LogP contribution in [0.4, 0.5) is 9.18 Å². The molecule has 0 aliphatic heterocycles. The Bertz CT molecular complexity index is 572. The van der Waals surface area contributed by atoms with Crippen LogP contribution >= 0.6 is 15.9 Å². The predicted octanol–water partition coefficient (Wildman–Crippen LogP) is 5.30. The Morgan fingerprint density at radius 2 is 1.92 bits per heavy atom. The molecule has 0 heterocycles. The van der Waals surface area contributed by atoms with Gasteiger partial charge in [-0.15, -0.1) is 0 Å². The van der Waals surface area contributed by atoms with Gasteiger partial charge in [-0.05, 0) is 58.2 Å². The normalized spacial score (nSPS) is 14.2. The molecule has 1 unspecified atom stereocenters. The molecule has 1 N–H and O–H groups in total. The van der Waals surface area contributed by atoms with Crippen LogP contribution in [-0.2, 0) is 4.74 Å². The van der Waals surface area contributed by atoms with E-state index < -0.39 is 23.1 Å². The molecule has 1 atom stereocenters. The summed E-state index contributed by atoms with van der Waals surface area (Å²) in [7, 11) is 0. The minimum absolute atomic E-state index is 0.142. The van der Waals surface area contributed by atoms with Crippen LogP contribution in [0.3, 0.4) is 0 Å². The predicted molar refractivity (Wildman–Crippen MR) is 96.8 cm³/mol. The van der Waals surface area contributed by atoms with Crippen LogP contribution < -0.4 is 10.1 Å². The molecule has 0 saturated heterocycles. The lowest BCUT2D eigenvalue weighted by molar-refractivity contribution is 0.0406. The van der Waals surface area contributed by atoms with Gasteiger partial charge < -0.3 is 14.8 Å². The summed E-state index contributed by atoms with van der Waals surface area (Å²) in [5, 5.41) is 2.86. The highest BCUT2D eigenvalue weighted by Crippen LogP contribution is 2.24. The van der Waals surface area contributed by atoms with Crippen LogP contribution in [0.25, 0.3) is 0 Å². The van der Waals surface area contributed by atoms with Crippen LogP contribution in [0.15, 0.2) is 22.7 Å². The highest BCUT2D eigenvalue weighted by atomic mass is 79.9. The average molecular weight is 404 g/mol. The van der Waals surface area contributed by atoms with E-state index in [0.29, 0.717) is 16.8 Å². The molecule has 136 valence electrons. The average Bonchev–Trinajstić information content (AvgIpc) is 2.33. The highest BCUT2D eigenvalue weighted by Gasteiger charge is 2.31. The van der Waals surface area contributed by atoms with Crippen molar-refractivity contribution in [1.29, 1.82) is 0 Å². The first-order valence-electron chi connectivity index (χ1n) is 7.99. The van der Waals surface area contributed by atoms with E-state index in [2.05, 4.69) is 35.1 Å². The van der Waals surface area contributed by atoms with E-state index in [9.17, 15) is 9.18 Å². The molecule has 1 amide bonds. The van der Waals surface area contributed by atoms with E-state index >= 15 is 0 Å². The number of ether oxygens (including phenoxy) is 2. The number of benzene rings is 1. The Labute approximate surface area is 152 Å². The van der Waals surface area contributed by atoms with E-state index in [1.54, 1.807) is 32.9 Å². The third kappa shape index (κ3) is 7.51. The van der Waals surface area contributed by atoms with E-state index in [1.807, 2.05) is 6.92 Å². The maximum Gasteiger partial charge on any atom is 0.408 e. The largest absolute Gasteiger partial charge is 0.488 e. The minimum Gasteiger partial charge on any atom is -0.488 e. The zero-order chi connectivity index (χ0) is 18.5. The van der Waals surface area contributed by atoms with Gasteiger partial charge in [-0.1, -0.05) is 29.8 Å². The number of rotatable bonds is 6. The second-order valence-corrected chi connectivity index (χ2v) is 8.56. The van der Waals surface area contributed by atoms with Gasteiger partial charge in [0.25, 0.3) is 0 Å². The number of alkyl carbamates (subject to hydrolysis) is 1. The number of carbonyl (C=O) groups excluding carboxylic acids is 1. The van der Waals surface area contributed by atoms with Crippen LogP contribution in [0.1, 0.15) is 48.0 Å². The summed E-state index contributed by atoms with van der Waals surface area (Å²) in [5.74, 6) is 0.0241. The van der Waals surface area contributed by atoms with E-state index in [0.717, 1.165) is 0 Å². The number of amides is 1. The lowest BCUT2D eigenvalue weighted by Gasteiger charge is -2.33. The summed E-state index contributed by atoms with van der Waals surface area (Å²) < 4.78 is 25.5. The number of hydrogen-bond acceptors (Lipinski definition) is 3. The summed E-state index contributed by atoms with van der Waals surface area (Å²) in [6.45, 7) is 11.5. The molecular weight excluding hydrogens is 377 g/mol. The lowest BCUT2D eigenvalue weighted by atomic mass is 9.91. The fourth-order valence-corrected chi connectivity index (χ4v) is 2.76. The minimum atomic E-state index is -0.671. The Kier molecular flexibility index (Phi) is 7.08. The van der Waals surface area contributed by atoms with Gasteiger partial charge in [0.05, 0.1) is 5.54 Å². The van der Waals surface area contributed by atoms with Crippen molar-refractivity contribution in [3.8, 4) is 5.75 Å². The Morgan fingerprint density at radius 3 is 2.42 bits per heavy atom. The van der Waals surface area contributed by atoms with Crippen molar-refractivity contribution in [2.24, 2.45) is 5.92 Å². The Balaban J connectivity index is 2.81. The summed E-state index contributed by atoms with van der Waals surface area (Å²) in [4.78, 5) is 12.1. The molecule has 0 aromatic heterocycles. The van der Waals surface area contributed by atoms with Crippen LogP contribution in [0.2, 0.25) is 0 Å². The van der Waals surface area contributed by atoms with Crippen LogP contribution in [0, 0.1) is 11.7 Å². The molecule has 0 aliphatic rings. The molecule has 1 aromatic carbocycles. The smallest absolute Gasteiger partial charge is 0.408 e. The Hall–Kier alpha value is -1.30. The quantitative estimate of drug-likeness (QED) is 0.700. The molecular formula is C18H27BrFNO3. The second kappa shape index (κ2) is 8.19. The van der Waals surface area contributed by atoms with Crippen LogP contribution in [0.5, 0.6) is 5.75 Å². The molecule has 0 aliphatic carbocycles. The van der Waals surface area contributed by atoms with Gasteiger partial charge in [-0.3, -0.25) is 0 Å². The molecule has 4 nitrogen and oxygen atoms in total. The van der Waals surface area contributed by atoms with Crippen molar-refractivity contribution >= 4 is 22.0 Å². The molecule has 24 heavy (non-hydrogen) atoms. The third-order valence-electron chi connectivity index (χ3n) is 3.10. The van der Waals surface area contributed by atoms with E-state index in [-0.39, 0.29) is 12.4 Å². The zero-order valence-electron chi connectivity index (χ0n) is 15.2. The van der Waals surface area contributed by atoms with E-state index in [1.165, 1.54) is 6.07 Å². The molecule has 0 saturated carbocycles. The maximum absolute atomic E-state index is 13.9. The molecule has 0 bridgehead atoms. The van der Waals surface area contributed by atoms with Gasteiger partial charge in [0.2, 0.25) is 0 Å². The van der Waals surface area contributed by atoms with Gasteiger partial charge in [-0.25, -0.2) is 9.18 Å². The van der Waals surface area contributed by atoms with Crippen molar-refractivity contribution in [3.63, 3.8) is 0 Å². The zero-order valence-corrected chi connectivity index (χ0v) is 16.8. The molecule has 0 radical (unpaired) electrons. The Morgan fingerprint density at radius 1 is 1.29 bits per heavy atom. The summed E-state index contributed by atoms with van der Waals surface area (Å²) in [5.41, 5.74) is -1.25. The van der Waals surface area contributed by atoms with Crippen molar-refractivity contribution in [2.75, 3.05) is 6.61 Å². The number of hydrogen-bond donors (Lipinski definition) is 1. The third-order valence-corrected chi connectivity index (χ3v) is 3.59. The highest BCUT2D eigenvalue weighted by molar-refractivity contribution is 9.10.